The van der Waals surface area contributed by atoms with Crippen LogP contribution in [-0.2, 0) is 9.59 Å². The van der Waals surface area contributed by atoms with Gasteiger partial charge in [0.05, 0.1) is 0 Å². The Morgan fingerprint density at radius 2 is 1.40 bits per heavy atom. The summed E-state index contributed by atoms with van der Waals surface area (Å²) in [6.07, 6.45) is 1.12. The van der Waals surface area contributed by atoms with Crippen LogP contribution in [0.2, 0.25) is 0 Å². The van der Waals surface area contributed by atoms with E-state index in [1.165, 1.54) is 0 Å². The summed E-state index contributed by atoms with van der Waals surface area (Å²) < 4.78 is 0. The summed E-state index contributed by atoms with van der Waals surface area (Å²) in [7, 11) is 0. The number of hydrogen-bond donors (Lipinski definition) is 3. The lowest BCUT2D eigenvalue weighted by molar-refractivity contribution is -0.134. The second-order valence-corrected chi connectivity index (χ2v) is 2.42. The van der Waals surface area contributed by atoms with Crippen LogP contribution in [-0.4, -0.2) is 22.2 Å². The Hall–Kier alpha value is -2.30. The van der Waals surface area contributed by atoms with Crippen LogP contribution < -0.4 is 5.73 Å². The zero-order chi connectivity index (χ0) is 11.7. The monoisotopic (exact) mass is 209 g/mol. The fourth-order valence-corrected chi connectivity index (χ4v) is 0.596. The Labute approximate surface area is 86.5 Å². The highest BCUT2D eigenvalue weighted by Gasteiger charge is 1.88. The third-order valence-corrected chi connectivity index (χ3v) is 1.17. The Bertz CT molecular complexity index is 330. The molecular formula is C10H11NO4. The van der Waals surface area contributed by atoms with E-state index in [1.807, 2.05) is 30.3 Å². The number of nitrogens with two attached hydrogens (primary N) is 1. The summed E-state index contributed by atoms with van der Waals surface area (Å²) in [4.78, 5) is 19.1. The third kappa shape index (κ3) is 9.62. The summed E-state index contributed by atoms with van der Waals surface area (Å²) in [5.41, 5.74) is 6.18. The molecule has 0 unspecified atom stereocenters. The summed E-state index contributed by atoms with van der Waals surface area (Å²) in [5.74, 6) is -2.51. The maximum absolute atomic E-state index is 9.55. The van der Waals surface area contributed by atoms with Gasteiger partial charge in [-0.15, -0.1) is 0 Å². The van der Waals surface area contributed by atoms with Gasteiger partial charge >= 0.3 is 11.9 Å². The molecule has 5 nitrogen and oxygen atoms in total. The first kappa shape index (κ1) is 12.7. The second kappa shape index (κ2) is 7.14. The van der Waals surface area contributed by atoms with Crippen molar-refractivity contribution in [3.8, 4) is 0 Å². The number of benzene rings is 1. The minimum atomic E-state index is -1.26. The molecule has 0 aliphatic carbocycles. The molecule has 0 saturated heterocycles. The Morgan fingerprint density at radius 1 is 1.00 bits per heavy atom. The van der Waals surface area contributed by atoms with E-state index >= 15 is 0 Å². The zero-order valence-corrected chi connectivity index (χ0v) is 7.83. The fourth-order valence-electron chi connectivity index (χ4n) is 0.596. The van der Waals surface area contributed by atoms with Crippen molar-refractivity contribution in [2.45, 2.75) is 0 Å². The van der Waals surface area contributed by atoms with Gasteiger partial charge < -0.3 is 15.9 Å². The fraction of sp³-hybridized carbons (Fsp3) is 0. The van der Waals surface area contributed by atoms with Gasteiger partial charge in [0.25, 0.3) is 0 Å². The molecule has 0 aliphatic heterocycles. The predicted octanol–water partition coefficient (Wildman–Crippen LogP) is 0.981. The van der Waals surface area contributed by atoms with Crippen molar-refractivity contribution in [1.82, 2.24) is 0 Å². The second-order valence-electron chi connectivity index (χ2n) is 2.42. The number of anilines is 1. The van der Waals surface area contributed by atoms with E-state index in [2.05, 4.69) is 0 Å². The van der Waals surface area contributed by atoms with Crippen molar-refractivity contribution < 1.29 is 19.8 Å². The number of nitrogen functional groups attached to an aromatic ring is 1. The largest absolute Gasteiger partial charge is 0.478 e. The van der Waals surface area contributed by atoms with Crippen LogP contribution in [0.5, 0.6) is 0 Å². The van der Waals surface area contributed by atoms with Crippen molar-refractivity contribution in [1.29, 1.82) is 0 Å². The van der Waals surface area contributed by atoms with E-state index in [0.717, 1.165) is 5.69 Å². The Kier molecular flexibility index (Phi) is 6.04. The maximum Gasteiger partial charge on any atom is 0.328 e. The highest BCUT2D eigenvalue weighted by atomic mass is 16.4. The lowest BCUT2D eigenvalue weighted by Gasteiger charge is -1.83. The number of para-hydroxylation sites is 1. The van der Waals surface area contributed by atoms with Gasteiger partial charge in [-0.3, -0.25) is 0 Å². The maximum atomic E-state index is 9.55. The molecule has 1 aromatic rings. The van der Waals surface area contributed by atoms with Crippen LogP contribution in [0.4, 0.5) is 5.69 Å². The molecule has 0 bridgehead atoms. The molecule has 1 rings (SSSR count). The molecule has 0 amide bonds. The van der Waals surface area contributed by atoms with Crippen molar-refractivity contribution in [2.75, 3.05) is 5.73 Å². The van der Waals surface area contributed by atoms with E-state index in [9.17, 15) is 9.59 Å². The average molecular weight is 209 g/mol. The van der Waals surface area contributed by atoms with Crippen LogP contribution in [0.3, 0.4) is 0 Å². The number of hydrogen-bond acceptors (Lipinski definition) is 3. The number of rotatable bonds is 2. The minimum Gasteiger partial charge on any atom is -0.478 e. The first-order valence-corrected chi connectivity index (χ1v) is 3.97. The van der Waals surface area contributed by atoms with Gasteiger partial charge in [0.15, 0.2) is 0 Å². The molecule has 0 spiro atoms. The topological polar surface area (TPSA) is 101 Å². The molecule has 0 aliphatic rings. The minimum absolute atomic E-state index is 0.558. The molecule has 4 N–H and O–H groups in total. The van der Waals surface area contributed by atoms with Crippen LogP contribution in [0, 0.1) is 0 Å². The number of carboxylic acids is 2. The number of carbonyl (C=O) groups is 2. The van der Waals surface area contributed by atoms with Crippen LogP contribution in [0.1, 0.15) is 0 Å². The van der Waals surface area contributed by atoms with Crippen LogP contribution in [0.25, 0.3) is 0 Å². The molecule has 0 atom stereocenters. The molecule has 15 heavy (non-hydrogen) atoms. The van der Waals surface area contributed by atoms with Gasteiger partial charge in [0, 0.05) is 17.8 Å². The van der Waals surface area contributed by atoms with Crippen molar-refractivity contribution >= 4 is 17.6 Å². The number of carboxylic acid groups (broad SMARTS) is 2. The van der Waals surface area contributed by atoms with E-state index in [1.54, 1.807) is 0 Å². The first-order valence-electron chi connectivity index (χ1n) is 3.97. The zero-order valence-electron chi connectivity index (χ0n) is 7.83. The predicted molar refractivity (Wildman–Crippen MR) is 55.3 cm³/mol. The van der Waals surface area contributed by atoms with Crippen molar-refractivity contribution in [3.63, 3.8) is 0 Å². The summed E-state index contributed by atoms with van der Waals surface area (Å²) in [5, 5.41) is 15.6. The number of aliphatic carboxylic acids is 2. The molecule has 0 aromatic heterocycles. The summed E-state index contributed by atoms with van der Waals surface area (Å²) in [6.45, 7) is 0. The van der Waals surface area contributed by atoms with E-state index in [-0.39, 0.29) is 0 Å². The molecular weight excluding hydrogens is 198 g/mol. The molecule has 1 aromatic carbocycles. The van der Waals surface area contributed by atoms with Gasteiger partial charge in [-0.1, -0.05) is 18.2 Å². The lowest BCUT2D eigenvalue weighted by Crippen LogP contribution is -1.91. The molecule has 0 radical (unpaired) electrons. The Balaban J connectivity index is 0.000000262. The van der Waals surface area contributed by atoms with E-state index in [0.29, 0.717) is 12.2 Å². The van der Waals surface area contributed by atoms with Gasteiger partial charge in [-0.25, -0.2) is 9.59 Å². The highest BCUT2D eigenvalue weighted by molar-refractivity contribution is 5.89. The average Bonchev–Trinajstić information content (AvgIpc) is 2.17. The van der Waals surface area contributed by atoms with Crippen LogP contribution >= 0.6 is 0 Å². The van der Waals surface area contributed by atoms with Gasteiger partial charge in [0.2, 0.25) is 0 Å². The molecule has 0 heterocycles. The molecule has 80 valence electrons. The van der Waals surface area contributed by atoms with E-state index in [4.69, 9.17) is 15.9 Å². The first-order chi connectivity index (χ1) is 7.02. The lowest BCUT2D eigenvalue weighted by atomic mass is 10.3. The summed E-state index contributed by atoms with van der Waals surface area (Å²) in [6, 6.07) is 9.49. The summed E-state index contributed by atoms with van der Waals surface area (Å²) >= 11 is 0. The van der Waals surface area contributed by atoms with Gasteiger partial charge in [0.1, 0.15) is 0 Å². The van der Waals surface area contributed by atoms with Crippen molar-refractivity contribution in [2.24, 2.45) is 0 Å². The highest BCUT2D eigenvalue weighted by Crippen LogP contribution is 1.95. The standard InChI is InChI=1S/C6H7N.C4H4O4/c7-6-4-2-1-3-5-6;5-3(6)1-2-4(7)8/h1-5H,7H2;1-2H,(H,5,6)(H,7,8)/b;2-1+. The smallest absolute Gasteiger partial charge is 0.328 e. The molecule has 5 heteroatoms. The Morgan fingerprint density at radius 3 is 1.60 bits per heavy atom. The van der Waals surface area contributed by atoms with E-state index < -0.39 is 11.9 Å². The normalized spacial score (nSPS) is 9.07. The van der Waals surface area contributed by atoms with Crippen LogP contribution in [0.15, 0.2) is 42.5 Å². The van der Waals surface area contributed by atoms with Gasteiger partial charge in [-0.05, 0) is 12.1 Å². The molecule has 0 saturated carbocycles. The quantitative estimate of drug-likeness (QED) is 0.498. The third-order valence-electron chi connectivity index (χ3n) is 1.17. The SMILES string of the molecule is Nc1ccccc1.O=C(O)/C=C/C(=O)O. The van der Waals surface area contributed by atoms with Gasteiger partial charge in [-0.2, -0.15) is 0 Å². The molecule has 0 fully saturated rings. The van der Waals surface area contributed by atoms with Crippen molar-refractivity contribution in [3.05, 3.63) is 42.5 Å².